The van der Waals surface area contributed by atoms with Crippen molar-refractivity contribution >= 4 is 29.3 Å². The van der Waals surface area contributed by atoms with Gasteiger partial charge in [-0.15, -0.1) is 11.6 Å². The Morgan fingerprint density at radius 3 is 2.67 bits per heavy atom. The first kappa shape index (κ1) is 9.01. The molecule has 0 aliphatic carbocycles. The monoisotopic (exact) mass is 171 g/mol. The summed E-state index contributed by atoms with van der Waals surface area (Å²) < 4.78 is 0. The Morgan fingerprint density at radius 1 is 1.78 bits per heavy atom. The van der Waals surface area contributed by atoms with Gasteiger partial charge in [-0.2, -0.15) is 0 Å². The van der Waals surface area contributed by atoms with Crippen LogP contribution in [0.25, 0.3) is 0 Å². The molecule has 1 unspecified atom stereocenters. The molecule has 1 amide bonds. The summed E-state index contributed by atoms with van der Waals surface area (Å²) in [6, 6.07) is 0. The van der Waals surface area contributed by atoms with Crippen molar-refractivity contribution in [3.05, 3.63) is 0 Å². The van der Waals surface area contributed by atoms with E-state index in [4.69, 9.17) is 28.5 Å². The molecular weight excluding hydrogens is 165 g/mol. The molecule has 0 rings (SSSR count). The number of rotatable bonds is 3. The third-order valence-electron chi connectivity index (χ3n) is 0.760. The summed E-state index contributed by atoms with van der Waals surface area (Å²) >= 11 is 10.3. The Kier molecular flexibility index (Phi) is 4.85. The molecule has 0 aromatic rings. The van der Waals surface area contributed by atoms with Gasteiger partial charge in [-0.1, -0.05) is 0 Å². The van der Waals surface area contributed by atoms with Crippen molar-refractivity contribution in [2.75, 3.05) is 6.61 Å². The van der Waals surface area contributed by atoms with E-state index in [0.717, 1.165) is 0 Å². The number of amides is 1. The molecule has 9 heavy (non-hydrogen) atoms. The van der Waals surface area contributed by atoms with E-state index in [9.17, 15) is 4.79 Å². The Hall–Kier alpha value is 0.01000. The van der Waals surface area contributed by atoms with Crippen molar-refractivity contribution < 1.29 is 9.90 Å². The summed E-state index contributed by atoms with van der Waals surface area (Å²) in [5.74, 6) is -0.479. The maximum Gasteiger partial charge on any atom is 0.252 e. The highest BCUT2D eigenvalue weighted by atomic mass is 35.5. The third kappa shape index (κ3) is 3.56. The fourth-order valence-corrected chi connectivity index (χ4v) is 0.643. The minimum Gasteiger partial charge on any atom is -0.396 e. The lowest BCUT2D eigenvalue weighted by molar-refractivity contribution is -0.119. The molecular formula is C4H7Cl2NO2. The molecule has 54 valence electrons. The molecule has 0 saturated heterocycles. The zero-order chi connectivity index (χ0) is 7.28. The summed E-state index contributed by atoms with van der Waals surface area (Å²) in [5.41, 5.74) is 0. The minimum atomic E-state index is -0.729. The van der Waals surface area contributed by atoms with E-state index in [1.807, 2.05) is 4.84 Å². The molecule has 0 bridgehead atoms. The van der Waals surface area contributed by atoms with Crippen LogP contribution in [0.15, 0.2) is 0 Å². The van der Waals surface area contributed by atoms with Gasteiger partial charge in [0.1, 0.15) is 5.38 Å². The van der Waals surface area contributed by atoms with Crippen molar-refractivity contribution in [1.82, 2.24) is 4.84 Å². The van der Waals surface area contributed by atoms with E-state index in [0.29, 0.717) is 0 Å². The first-order valence-electron chi connectivity index (χ1n) is 2.37. The van der Waals surface area contributed by atoms with Gasteiger partial charge in [0, 0.05) is 18.4 Å². The standard InChI is InChI=1S/C4H7Cl2NO2/c5-3(1-2-8)4(9)7-6/h3,8H,1-2H2,(H,7,9). The van der Waals surface area contributed by atoms with E-state index < -0.39 is 11.3 Å². The summed E-state index contributed by atoms with van der Waals surface area (Å²) in [5, 5.41) is 7.54. The van der Waals surface area contributed by atoms with Crippen LogP contribution >= 0.6 is 23.4 Å². The molecule has 0 fully saturated rings. The van der Waals surface area contributed by atoms with E-state index in [-0.39, 0.29) is 13.0 Å². The van der Waals surface area contributed by atoms with Gasteiger partial charge in [0.15, 0.2) is 0 Å². The quantitative estimate of drug-likeness (QED) is 0.473. The van der Waals surface area contributed by atoms with Crippen LogP contribution < -0.4 is 4.84 Å². The fraction of sp³-hybridized carbons (Fsp3) is 0.750. The molecule has 0 aliphatic rings. The van der Waals surface area contributed by atoms with Gasteiger partial charge >= 0.3 is 0 Å². The van der Waals surface area contributed by atoms with Crippen LogP contribution in [0.2, 0.25) is 0 Å². The number of carbonyl (C=O) groups is 1. The van der Waals surface area contributed by atoms with Crippen LogP contribution in [0.1, 0.15) is 6.42 Å². The third-order valence-corrected chi connectivity index (χ3v) is 1.36. The highest BCUT2D eigenvalue weighted by Crippen LogP contribution is 2.00. The Balaban J connectivity index is 3.45. The van der Waals surface area contributed by atoms with Gasteiger partial charge in [0.05, 0.1) is 0 Å². The van der Waals surface area contributed by atoms with Crippen LogP contribution in [0.5, 0.6) is 0 Å². The van der Waals surface area contributed by atoms with Gasteiger partial charge in [-0.05, 0) is 6.42 Å². The largest absolute Gasteiger partial charge is 0.396 e. The predicted molar refractivity (Wildman–Crippen MR) is 35.3 cm³/mol. The molecule has 0 radical (unpaired) electrons. The predicted octanol–water partition coefficient (Wildman–Crippen LogP) is 0.246. The highest BCUT2D eigenvalue weighted by Gasteiger charge is 2.12. The first-order chi connectivity index (χ1) is 4.22. The molecule has 0 aliphatic heterocycles. The van der Waals surface area contributed by atoms with Gasteiger partial charge in [0.25, 0.3) is 5.91 Å². The van der Waals surface area contributed by atoms with Crippen molar-refractivity contribution in [1.29, 1.82) is 0 Å². The lowest BCUT2D eigenvalue weighted by atomic mass is 10.3. The number of aliphatic hydroxyl groups is 1. The lowest BCUT2D eigenvalue weighted by Crippen LogP contribution is -2.24. The van der Waals surface area contributed by atoms with Crippen molar-refractivity contribution in [2.45, 2.75) is 11.8 Å². The second-order valence-corrected chi connectivity index (χ2v) is 2.15. The van der Waals surface area contributed by atoms with E-state index in [1.165, 1.54) is 0 Å². The van der Waals surface area contributed by atoms with Crippen molar-refractivity contribution in [3.63, 3.8) is 0 Å². The molecule has 1 atom stereocenters. The summed E-state index contributed by atoms with van der Waals surface area (Å²) in [6.07, 6.45) is 0.222. The summed E-state index contributed by atoms with van der Waals surface area (Å²) in [4.78, 5) is 12.3. The SMILES string of the molecule is O=C(NCl)C(Cl)CCO. The molecule has 5 heteroatoms. The van der Waals surface area contributed by atoms with Crippen LogP contribution in [-0.2, 0) is 4.79 Å². The molecule has 0 heterocycles. The van der Waals surface area contributed by atoms with Crippen LogP contribution in [0.4, 0.5) is 0 Å². The highest BCUT2D eigenvalue weighted by molar-refractivity contribution is 6.34. The van der Waals surface area contributed by atoms with Crippen LogP contribution in [0, 0.1) is 0 Å². The number of nitrogens with one attached hydrogen (secondary N) is 1. The topological polar surface area (TPSA) is 49.3 Å². The number of hydrogen-bond acceptors (Lipinski definition) is 2. The average molecular weight is 172 g/mol. The number of carbonyl (C=O) groups excluding carboxylic acids is 1. The number of alkyl halides is 1. The smallest absolute Gasteiger partial charge is 0.252 e. The molecule has 2 N–H and O–H groups in total. The molecule has 0 spiro atoms. The number of aliphatic hydroxyl groups excluding tert-OH is 1. The Bertz CT molecular complexity index is 98.6. The maximum atomic E-state index is 10.4. The summed E-state index contributed by atoms with van der Waals surface area (Å²) in [6.45, 7) is -0.113. The van der Waals surface area contributed by atoms with Crippen molar-refractivity contribution in [2.24, 2.45) is 0 Å². The molecule has 0 aromatic carbocycles. The van der Waals surface area contributed by atoms with E-state index >= 15 is 0 Å². The minimum absolute atomic E-state index is 0.113. The van der Waals surface area contributed by atoms with Crippen LogP contribution in [0.3, 0.4) is 0 Å². The number of halogens is 2. The Labute approximate surface area is 63.1 Å². The van der Waals surface area contributed by atoms with Crippen LogP contribution in [-0.4, -0.2) is 23.0 Å². The van der Waals surface area contributed by atoms with Gasteiger partial charge < -0.3 is 5.11 Å². The van der Waals surface area contributed by atoms with Gasteiger partial charge in [0.2, 0.25) is 0 Å². The second kappa shape index (κ2) is 4.85. The zero-order valence-corrected chi connectivity index (χ0v) is 6.11. The average Bonchev–Trinajstić information content (AvgIpc) is 1.87. The molecule has 0 saturated carbocycles. The van der Waals surface area contributed by atoms with Gasteiger partial charge in [-0.25, -0.2) is 0 Å². The second-order valence-electron chi connectivity index (χ2n) is 1.44. The fourth-order valence-electron chi connectivity index (χ4n) is 0.304. The lowest BCUT2D eigenvalue weighted by Gasteiger charge is -2.01. The Morgan fingerprint density at radius 2 is 2.33 bits per heavy atom. The summed E-state index contributed by atoms with van der Waals surface area (Å²) in [7, 11) is 0. The van der Waals surface area contributed by atoms with E-state index in [1.54, 1.807) is 0 Å². The molecule has 0 aromatic heterocycles. The van der Waals surface area contributed by atoms with E-state index in [2.05, 4.69) is 0 Å². The normalized spacial score (nSPS) is 12.8. The van der Waals surface area contributed by atoms with Gasteiger partial charge in [-0.3, -0.25) is 9.63 Å². The zero-order valence-electron chi connectivity index (χ0n) is 4.60. The first-order valence-corrected chi connectivity index (χ1v) is 3.19. The molecule has 3 nitrogen and oxygen atoms in total. The van der Waals surface area contributed by atoms with Crippen molar-refractivity contribution in [3.8, 4) is 0 Å². The maximum absolute atomic E-state index is 10.4. The number of hydrogen-bond donors (Lipinski definition) is 2.